The van der Waals surface area contributed by atoms with E-state index in [-0.39, 0.29) is 5.57 Å². The summed E-state index contributed by atoms with van der Waals surface area (Å²) in [5.41, 5.74) is 2.36. The third kappa shape index (κ3) is 3.56. The van der Waals surface area contributed by atoms with E-state index in [0.717, 1.165) is 0 Å². The second-order valence-corrected chi connectivity index (χ2v) is 6.12. The lowest BCUT2D eigenvalue weighted by atomic mass is 10.0. The first-order chi connectivity index (χ1) is 12.9. The zero-order chi connectivity index (χ0) is 19.6. The molecule has 0 fully saturated rings. The molecule has 0 radical (unpaired) electrons. The van der Waals surface area contributed by atoms with Gasteiger partial charge in [-0.2, -0.15) is 5.26 Å². The topological polar surface area (TPSA) is 45.8 Å². The number of Topliss-reactive ketones (excluding diaryl/α,β-unsaturated/α-hetero) is 1. The van der Waals surface area contributed by atoms with Crippen molar-refractivity contribution in [3.63, 3.8) is 0 Å². The molecule has 0 spiro atoms. The first-order valence-electron chi connectivity index (χ1n) is 8.28. The minimum absolute atomic E-state index is 0.0737. The zero-order valence-corrected chi connectivity index (χ0v) is 14.8. The Labute approximate surface area is 155 Å². The predicted octanol–water partition coefficient (Wildman–Crippen LogP) is 5.16. The molecule has 3 aromatic rings. The first-order valence-corrected chi connectivity index (χ1v) is 8.28. The van der Waals surface area contributed by atoms with Crippen LogP contribution in [0, 0.1) is 36.8 Å². The largest absolute Gasteiger partial charge is 0.315 e. The summed E-state index contributed by atoms with van der Waals surface area (Å²) in [6.07, 6.45) is 1.41. The van der Waals surface area contributed by atoms with E-state index in [0.29, 0.717) is 28.2 Å². The highest BCUT2D eigenvalue weighted by Crippen LogP contribution is 2.25. The van der Waals surface area contributed by atoms with Gasteiger partial charge in [-0.1, -0.05) is 24.3 Å². The lowest BCUT2D eigenvalue weighted by Gasteiger charge is -2.10. The van der Waals surface area contributed by atoms with Crippen molar-refractivity contribution >= 4 is 11.9 Å². The number of aryl methyl sites for hydroxylation is 1. The van der Waals surface area contributed by atoms with Crippen LogP contribution in [0.25, 0.3) is 11.8 Å². The van der Waals surface area contributed by atoms with Crippen LogP contribution in [0.5, 0.6) is 0 Å². The molecule has 27 heavy (non-hydrogen) atoms. The van der Waals surface area contributed by atoms with E-state index < -0.39 is 17.4 Å². The summed E-state index contributed by atoms with van der Waals surface area (Å²) in [6, 6.07) is 15.3. The van der Waals surface area contributed by atoms with E-state index in [9.17, 15) is 18.8 Å². The van der Waals surface area contributed by atoms with Crippen molar-refractivity contribution in [2.75, 3.05) is 0 Å². The van der Waals surface area contributed by atoms with Gasteiger partial charge in [0, 0.05) is 17.0 Å². The van der Waals surface area contributed by atoms with Crippen molar-refractivity contribution in [1.29, 1.82) is 5.26 Å². The van der Waals surface area contributed by atoms with Crippen LogP contribution < -0.4 is 0 Å². The van der Waals surface area contributed by atoms with Gasteiger partial charge >= 0.3 is 0 Å². The van der Waals surface area contributed by atoms with Crippen LogP contribution in [-0.2, 0) is 0 Å². The van der Waals surface area contributed by atoms with Gasteiger partial charge in [0.1, 0.15) is 23.3 Å². The van der Waals surface area contributed by atoms with Crippen LogP contribution in [-0.4, -0.2) is 10.4 Å². The van der Waals surface area contributed by atoms with Crippen LogP contribution in [0.3, 0.4) is 0 Å². The normalized spacial score (nSPS) is 11.3. The monoisotopic (exact) mass is 362 g/mol. The number of ketones is 1. The summed E-state index contributed by atoms with van der Waals surface area (Å²) in [7, 11) is 0. The number of halogens is 2. The lowest BCUT2D eigenvalue weighted by Crippen LogP contribution is -2.06. The maximum atomic E-state index is 14.2. The van der Waals surface area contributed by atoms with Gasteiger partial charge in [-0.25, -0.2) is 8.78 Å². The number of nitrogens with zero attached hydrogens (tertiary/aromatic N) is 2. The summed E-state index contributed by atoms with van der Waals surface area (Å²) in [5, 5.41) is 9.42. The minimum atomic E-state index is -0.461. The summed E-state index contributed by atoms with van der Waals surface area (Å²) in [4.78, 5) is 12.9. The maximum Gasteiger partial charge on any atom is 0.205 e. The molecule has 2 aromatic carbocycles. The number of rotatable bonds is 4. The summed E-state index contributed by atoms with van der Waals surface area (Å²) in [6.45, 7) is 3.48. The molecule has 0 N–H and O–H groups in total. The predicted molar refractivity (Wildman–Crippen MR) is 99.5 cm³/mol. The number of aromatic nitrogens is 1. The van der Waals surface area contributed by atoms with Gasteiger partial charge < -0.3 is 4.57 Å². The Kier molecular flexibility index (Phi) is 5.00. The van der Waals surface area contributed by atoms with Crippen LogP contribution >= 0.6 is 0 Å². The van der Waals surface area contributed by atoms with Crippen LogP contribution in [0.2, 0.25) is 0 Å². The quantitative estimate of drug-likeness (QED) is 0.365. The molecule has 3 nitrogen and oxygen atoms in total. The van der Waals surface area contributed by atoms with Crippen molar-refractivity contribution in [2.45, 2.75) is 13.8 Å². The lowest BCUT2D eigenvalue weighted by molar-refractivity contribution is 0.103. The number of para-hydroxylation sites is 1. The Balaban J connectivity index is 2.05. The first kappa shape index (κ1) is 18.3. The van der Waals surface area contributed by atoms with E-state index >= 15 is 0 Å². The zero-order valence-electron chi connectivity index (χ0n) is 14.8. The SMILES string of the molecule is Cc1cc(C(=O)/C(C#N)=C\c2ccc(F)cc2)c(C)n1-c1ccccc1F. The number of carbonyl (C=O) groups excluding carboxylic acids is 1. The molecule has 3 rings (SSSR count). The van der Waals surface area contributed by atoms with Crippen molar-refractivity contribution in [3.05, 3.63) is 94.3 Å². The third-order valence-electron chi connectivity index (χ3n) is 4.32. The molecule has 0 aliphatic rings. The number of nitriles is 1. The molecule has 0 aliphatic carbocycles. The average molecular weight is 362 g/mol. The molecule has 0 saturated carbocycles. The summed E-state index contributed by atoms with van der Waals surface area (Å²) >= 11 is 0. The Morgan fingerprint density at radius 1 is 1.07 bits per heavy atom. The molecule has 0 amide bonds. The number of hydrogen-bond donors (Lipinski definition) is 0. The minimum Gasteiger partial charge on any atom is -0.315 e. The van der Waals surface area contributed by atoms with Crippen LogP contribution in [0.1, 0.15) is 27.3 Å². The Bertz CT molecular complexity index is 1090. The Morgan fingerprint density at radius 2 is 1.74 bits per heavy atom. The van der Waals surface area contributed by atoms with Crippen molar-refractivity contribution < 1.29 is 13.6 Å². The van der Waals surface area contributed by atoms with Gasteiger partial charge in [-0.15, -0.1) is 0 Å². The van der Waals surface area contributed by atoms with E-state index in [1.165, 1.54) is 36.4 Å². The highest BCUT2D eigenvalue weighted by Gasteiger charge is 2.21. The number of allylic oxidation sites excluding steroid dienone is 1. The Hall–Kier alpha value is -3.52. The van der Waals surface area contributed by atoms with E-state index in [1.807, 2.05) is 6.07 Å². The van der Waals surface area contributed by atoms with Crippen molar-refractivity contribution in [1.82, 2.24) is 4.57 Å². The van der Waals surface area contributed by atoms with E-state index in [4.69, 9.17) is 0 Å². The van der Waals surface area contributed by atoms with Crippen LogP contribution in [0.4, 0.5) is 8.78 Å². The maximum absolute atomic E-state index is 14.2. The van der Waals surface area contributed by atoms with Gasteiger partial charge in [0.05, 0.1) is 5.69 Å². The molecular weight excluding hydrogens is 346 g/mol. The van der Waals surface area contributed by atoms with E-state index in [1.54, 1.807) is 42.7 Å². The molecular formula is C22H16F2N2O. The number of hydrogen-bond acceptors (Lipinski definition) is 2. The smallest absolute Gasteiger partial charge is 0.205 e. The summed E-state index contributed by atoms with van der Waals surface area (Å²) < 4.78 is 28.9. The molecule has 0 aliphatic heterocycles. The second-order valence-electron chi connectivity index (χ2n) is 6.12. The standard InChI is InChI=1S/C22H16F2N2O/c1-14-11-19(15(2)26(14)21-6-4-3-5-20(21)24)22(27)17(13-25)12-16-7-9-18(23)10-8-16/h3-12H,1-2H3/b17-12-. The van der Waals surface area contributed by atoms with Crippen molar-refractivity contribution in [2.24, 2.45) is 0 Å². The van der Waals surface area contributed by atoms with Gasteiger partial charge in [0.15, 0.2) is 0 Å². The molecule has 0 saturated heterocycles. The Morgan fingerprint density at radius 3 is 2.37 bits per heavy atom. The highest BCUT2D eigenvalue weighted by molar-refractivity contribution is 6.14. The molecule has 134 valence electrons. The van der Waals surface area contributed by atoms with Crippen molar-refractivity contribution in [3.8, 4) is 11.8 Å². The van der Waals surface area contributed by atoms with Gasteiger partial charge in [-0.05, 0) is 55.8 Å². The molecule has 0 bridgehead atoms. The summed E-state index contributed by atoms with van der Waals surface area (Å²) in [5.74, 6) is -1.26. The molecule has 0 atom stereocenters. The fourth-order valence-corrected chi connectivity index (χ4v) is 3.02. The average Bonchev–Trinajstić information content (AvgIpc) is 2.95. The second kappa shape index (κ2) is 7.38. The van der Waals surface area contributed by atoms with Crippen LogP contribution in [0.15, 0.2) is 60.2 Å². The molecule has 1 heterocycles. The molecule has 1 aromatic heterocycles. The van der Waals surface area contributed by atoms with Gasteiger partial charge in [0.25, 0.3) is 0 Å². The third-order valence-corrected chi connectivity index (χ3v) is 4.32. The van der Waals surface area contributed by atoms with E-state index in [2.05, 4.69) is 0 Å². The fraction of sp³-hybridized carbons (Fsp3) is 0.0909. The number of carbonyl (C=O) groups is 1. The molecule has 5 heteroatoms. The molecule has 0 unspecified atom stereocenters. The highest BCUT2D eigenvalue weighted by atomic mass is 19.1. The number of benzene rings is 2. The fourth-order valence-electron chi connectivity index (χ4n) is 3.02. The van der Waals surface area contributed by atoms with Gasteiger partial charge in [-0.3, -0.25) is 4.79 Å². The van der Waals surface area contributed by atoms with Gasteiger partial charge in [0.2, 0.25) is 5.78 Å².